The highest BCUT2D eigenvalue weighted by Gasteiger charge is 2.49. The largest absolute Gasteiger partial charge is 0.199 e. The zero-order valence-corrected chi connectivity index (χ0v) is 12.9. The first kappa shape index (κ1) is 13.6. The molecule has 1 aliphatic heterocycles. The van der Waals surface area contributed by atoms with Crippen molar-refractivity contribution in [2.45, 2.75) is 34.1 Å². The van der Waals surface area contributed by atoms with Crippen LogP contribution in [0.4, 0.5) is 0 Å². The lowest BCUT2D eigenvalue weighted by molar-refractivity contribution is 0.369. The summed E-state index contributed by atoms with van der Waals surface area (Å²) in [5.74, 6) is 3.50. The molecule has 0 aromatic heterocycles. The molecule has 1 aliphatic carbocycles. The summed E-state index contributed by atoms with van der Waals surface area (Å²) in [6.07, 6.45) is 7.52. The second-order valence-corrected chi connectivity index (χ2v) is 9.74. The van der Waals surface area contributed by atoms with Gasteiger partial charge in [-0.15, -0.1) is 11.8 Å². The topological polar surface area (TPSA) is 0 Å². The van der Waals surface area contributed by atoms with Gasteiger partial charge in [0.2, 0.25) is 0 Å². The van der Waals surface area contributed by atoms with Crippen LogP contribution in [-0.4, -0.2) is 13.6 Å². The quantitative estimate of drug-likeness (QED) is 0.331. The minimum Gasteiger partial charge on any atom is -0.131 e. The van der Waals surface area contributed by atoms with Crippen LogP contribution in [0, 0.1) is 11.2 Å². The van der Waals surface area contributed by atoms with E-state index in [4.69, 9.17) is 34.8 Å². The van der Waals surface area contributed by atoms with Gasteiger partial charge in [-0.2, -0.15) is 0 Å². The van der Waals surface area contributed by atoms with E-state index in [9.17, 15) is 0 Å². The van der Waals surface area contributed by atoms with Gasteiger partial charge in [0, 0.05) is 11.2 Å². The zero-order chi connectivity index (χ0) is 11.9. The Hall–Kier alpha value is 1.18. The predicted molar refractivity (Wildman–Crippen MR) is 78.5 cm³/mol. The number of allylic oxidation sites excluding steroid dienone is 1. The van der Waals surface area contributed by atoms with Crippen LogP contribution < -0.4 is 0 Å². The molecule has 0 saturated carbocycles. The molecule has 0 bridgehead atoms. The molecule has 5 heteroatoms. The Morgan fingerprint density at radius 3 is 2.44 bits per heavy atom. The Balaban J connectivity index is 2.15. The summed E-state index contributed by atoms with van der Waals surface area (Å²) < 4.78 is -1.01. The molecule has 0 nitrogen and oxygen atoms in total. The molecule has 2 unspecified atom stereocenters. The van der Waals surface area contributed by atoms with E-state index in [-0.39, 0.29) is 9.49 Å². The van der Waals surface area contributed by atoms with E-state index in [2.05, 4.69) is 17.9 Å². The van der Waals surface area contributed by atoms with Gasteiger partial charge in [0.1, 0.15) is 16.3 Å². The van der Waals surface area contributed by atoms with Crippen LogP contribution in [0.15, 0.2) is 12.2 Å². The fraction of sp³-hybridized carbons (Fsp3) is 0.727. The number of thioether (sulfide) groups is 2. The van der Waals surface area contributed by atoms with Crippen LogP contribution in [0.5, 0.6) is 0 Å². The molecule has 0 N–H and O–H groups in total. The Morgan fingerprint density at radius 2 is 2.00 bits per heavy atom. The molecule has 0 aromatic rings. The molecule has 2 aliphatic rings. The van der Waals surface area contributed by atoms with Gasteiger partial charge in [-0.1, -0.05) is 53.9 Å². The highest BCUT2D eigenvalue weighted by atomic mass is 35.6. The molecule has 1 spiro atoms. The molecular formula is C11H14Cl3S2+. The first-order valence-electron chi connectivity index (χ1n) is 5.28. The van der Waals surface area contributed by atoms with Crippen molar-refractivity contribution in [2.75, 3.05) is 5.75 Å². The Morgan fingerprint density at radius 1 is 1.25 bits per heavy atom. The minimum atomic E-state index is -1.21. The maximum absolute atomic E-state index is 6.04. The van der Waals surface area contributed by atoms with Crippen LogP contribution >= 0.6 is 58.3 Å². The lowest BCUT2D eigenvalue weighted by Crippen LogP contribution is -2.37. The lowest BCUT2D eigenvalue weighted by atomic mass is 9.82. The Kier molecular flexibility index (Phi) is 3.99. The predicted octanol–water partition coefficient (Wildman–Crippen LogP) is 5.44. The smallest absolute Gasteiger partial charge is 0.131 e. The van der Waals surface area contributed by atoms with Crippen molar-refractivity contribution in [3.63, 3.8) is 0 Å². The molecule has 1 saturated heterocycles. The Labute approximate surface area is 121 Å². The second kappa shape index (κ2) is 4.70. The van der Waals surface area contributed by atoms with Crippen LogP contribution in [0.1, 0.15) is 26.2 Å². The summed E-state index contributed by atoms with van der Waals surface area (Å²) in [7, 11) is 0. The summed E-state index contributed by atoms with van der Waals surface area (Å²) in [5.41, 5.74) is -0.332. The molecule has 0 amide bonds. The van der Waals surface area contributed by atoms with Gasteiger partial charge in [0.05, 0.1) is 11.8 Å². The molecular weight excluding hydrogens is 303 g/mol. The maximum Gasteiger partial charge on any atom is 0.199 e. The van der Waals surface area contributed by atoms with Crippen LogP contribution in [-0.2, 0) is 0 Å². The van der Waals surface area contributed by atoms with Gasteiger partial charge >= 0.3 is 0 Å². The van der Waals surface area contributed by atoms with Gasteiger partial charge in [-0.25, -0.2) is 0 Å². The highest BCUT2D eigenvalue weighted by molar-refractivity contribution is 8.20. The van der Waals surface area contributed by atoms with Crippen molar-refractivity contribution in [3.8, 4) is 0 Å². The van der Waals surface area contributed by atoms with Crippen molar-refractivity contribution < 1.29 is 0 Å². The van der Waals surface area contributed by atoms with Gasteiger partial charge in [-0.3, -0.25) is 0 Å². The second-order valence-electron chi connectivity index (χ2n) is 4.48. The molecule has 90 valence electrons. The molecule has 2 rings (SSSR count). The molecule has 16 heavy (non-hydrogen) atoms. The van der Waals surface area contributed by atoms with Gasteiger partial charge < -0.3 is 0 Å². The molecule has 2 atom stereocenters. The van der Waals surface area contributed by atoms with E-state index >= 15 is 0 Å². The summed E-state index contributed by atoms with van der Waals surface area (Å²) in [5, 5.41) is 0. The number of hydrogen-bond acceptors (Lipinski definition) is 2. The van der Waals surface area contributed by atoms with Crippen molar-refractivity contribution in [1.29, 1.82) is 0 Å². The van der Waals surface area contributed by atoms with Crippen molar-refractivity contribution in [1.82, 2.24) is 0 Å². The number of alkyl halides is 3. The van der Waals surface area contributed by atoms with Crippen molar-refractivity contribution >= 4 is 58.3 Å². The fourth-order valence-electron chi connectivity index (χ4n) is 1.88. The van der Waals surface area contributed by atoms with Crippen molar-refractivity contribution in [3.05, 3.63) is 17.9 Å². The van der Waals surface area contributed by atoms with Crippen molar-refractivity contribution in [2.24, 2.45) is 5.41 Å². The van der Waals surface area contributed by atoms with Crippen LogP contribution in [0.25, 0.3) is 0 Å². The summed E-state index contributed by atoms with van der Waals surface area (Å²) in [6, 6.07) is 0. The molecule has 0 radical (unpaired) electrons. The fourth-order valence-corrected chi connectivity index (χ4v) is 5.10. The summed E-state index contributed by atoms with van der Waals surface area (Å²) in [4.78, 5) is 0. The summed E-state index contributed by atoms with van der Waals surface area (Å²) in [6.45, 7) is 2.02. The number of hydrogen-bond donors (Lipinski definition) is 0. The Bertz CT molecular complexity index is 292. The SMILES string of the molecule is CC1(C(Cl)(Cl)Cl)C=CC2(CC1)S[CH+]CCS2. The third-order valence-corrected chi connectivity index (χ3v) is 7.56. The van der Waals surface area contributed by atoms with Gasteiger partial charge in [-0.05, 0) is 12.8 Å². The third-order valence-electron chi connectivity index (χ3n) is 3.21. The maximum atomic E-state index is 6.04. The minimum absolute atomic E-state index is 0.202. The lowest BCUT2D eigenvalue weighted by Gasteiger charge is -2.41. The van der Waals surface area contributed by atoms with Gasteiger partial charge in [0.15, 0.2) is 3.79 Å². The number of rotatable bonds is 0. The molecule has 1 fully saturated rings. The summed E-state index contributed by atoms with van der Waals surface area (Å²) >= 11 is 22.0. The highest BCUT2D eigenvalue weighted by Crippen LogP contribution is 2.57. The average molecular weight is 317 g/mol. The normalized spacial score (nSPS) is 39.8. The van der Waals surface area contributed by atoms with E-state index in [0.717, 1.165) is 12.8 Å². The average Bonchev–Trinajstić information content (AvgIpc) is 2.23. The van der Waals surface area contributed by atoms with E-state index in [1.54, 1.807) is 0 Å². The zero-order valence-electron chi connectivity index (χ0n) is 9.01. The standard InChI is InChI=1S/C11H14Cl3S2/c1-9(11(12,13)14)3-5-10(6-4-9)15-7-2-8-16-10/h3,5,7H,2,4,6,8H2,1H3/q+1. The van der Waals surface area contributed by atoms with E-state index < -0.39 is 3.79 Å². The third kappa shape index (κ3) is 2.61. The van der Waals surface area contributed by atoms with Gasteiger partial charge in [0.25, 0.3) is 0 Å². The van der Waals surface area contributed by atoms with E-state index in [1.807, 2.05) is 30.4 Å². The molecule has 1 heterocycles. The number of halogens is 3. The van der Waals surface area contributed by atoms with Crippen LogP contribution in [0.2, 0.25) is 0 Å². The van der Waals surface area contributed by atoms with E-state index in [1.165, 1.54) is 12.2 Å². The van der Waals surface area contributed by atoms with E-state index in [0.29, 0.717) is 0 Å². The molecule has 0 aromatic carbocycles. The van der Waals surface area contributed by atoms with Crippen LogP contribution in [0.3, 0.4) is 0 Å². The first-order valence-corrected chi connectivity index (χ1v) is 8.27. The monoisotopic (exact) mass is 315 g/mol. The first-order chi connectivity index (χ1) is 7.37.